The van der Waals surface area contributed by atoms with Crippen molar-refractivity contribution in [2.75, 3.05) is 6.61 Å². The van der Waals surface area contributed by atoms with Crippen LogP contribution >= 0.6 is 0 Å². The van der Waals surface area contributed by atoms with Crippen molar-refractivity contribution in [1.29, 1.82) is 0 Å². The zero-order valence-corrected chi connectivity index (χ0v) is 9.61. The highest BCUT2D eigenvalue weighted by atomic mass is 16.5. The third-order valence-electron chi connectivity index (χ3n) is 2.43. The Morgan fingerprint density at radius 1 is 1.27 bits per heavy atom. The van der Waals surface area contributed by atoms with Gasteiger partial charge in [0.05, 0.1) is 18.3 Å². The van der Waals surface area contributed by atoms with Gasteiger partial charge in [0.2, 0.25) is 0 Å². The van der Waals surface area contributed by atoms with Crippen LogP contribution in [0.15, 0.2) is 38.0 Å². The highest BCUT2D eigenvalue weighted by Gasteiger charge is 2.31. The lowest BCUT2D eigenvalue weighted by Gasteiger charge is -2.33. The minimum atomic E-state index is -0.570. The Balaban J connectivity index is 4.36. The largest absolute Gasteiger partial charge is 0.390 e. The van der Waals surface area contributed by atoms with E-state index in [2.05, 4.69) is 19.7 Å². The maximum atomic E-state index is 10.0. The van der Waals surface area contributed by atoms with Gasteiger partial charge in [-0.1, -0.05) is 18.2 Å². The first-order valence-corrected chi connectivity index (χ1v) is 5.25. The van der Waals surface area contributed by atoms with Crippen molar-refractivity contribution in [3.8, 4) is 0 Å². The van der Waals surface area contributed by atoms with Crippen LogP contribution in [0, 0.1) is 0 Å². The van der Waals surface area contributed by atoms with Gasteiger partial charge in [0.15, 0.2) is 0 Å². The summed E-state index contributed by atoms with van der Waals surface area (Å²) in [4.78, 5) is 0. The minimum Gasteiger partial charge on any atom is -0.390 e. The molecule has 0 rings (SSSR count). The molecule has 0 saturated heterocycles. The third kappa shape index (κ3) is 4.96. The molecule has 0 aromatic heterocycles. The van der Waals surface area contributed by atoms with Gasteiger partial charge in [-0.25, -0.2) is 0 Å². The lowest BCUT2D eigenvalue weighted by molar-refractivity contribution is -0.103. The molecule has 0 aromatic rings. The Hall–Kier alpha value is -0.860. The van der Waals surface area contributed by atoms with Crippen LogP contribution in [-0.2, 0) is 4.74 Å². The van der Waals surface area contributed by atoms with Crippen LogP contribution < -0.4 is 0 Å². The lowest BCUT2D eigenvalue weighted by atomic mass is 9.91. The Morgan fingerprint density at radius 3 is 2.40 bits per heavy atom. The van der Waals surface area contributed by atoms with Crippen LogP contribution in [0.2, 0.25) is 0 Å². The van der Waals surface area contributed by atoms with Crippen molar-refractivity contribution in [3.63, 3.8) is 0 Å². The van der Waals surface area contributed by atoms with Gasteiger partial charge in [0, 0.05) is 0 Å². The molecule has 86 valence electrons. The maximum Gasteiger partial charge on any atom is 0.0950 e. The number of aliphatic hydroxyl groups excluding tert-OH is 1. The van der Waals surface area contributed by atoms with Gasteiger partial charge in [0.25, 0.3) is 0 Å². The smallest absolute Gasteiger partial charge is 0.0950 e. The van der Waals surface area contributed by atoms with Crippen LogP contribution in [0.1, 0.15) is 26.2 Å². The van der Waals surface area contributed by atoms with Crippen LogP contribution in [-0.4, -0.2) is 23.4 Å². The molecule has 15 heavy (non-hydrogen) atoms. The van der Waals surface area contributed by atoms with Gasteiger partial charge in [0.1, 0.15) is 0 Å². The predicted octanol–water partition coefficient (Wildman–Crippen LogP) is 2.85. The van der Waals surface area contributed by atoms with Crippen LogP contribution in [0.25, 0.3) is 0 Å². The molecule has 0 heterocycles. The quantitative estimate of drug-likeness (QED) is 0.593. The van der Waals surface area contributed by atoms with Gasteiger partial charge in [-0.05, 0) is 26.2 Å². The molecular weight excluding hydrogens is 188 g/mol. The number of hydrogen-bond acceptors (Lipinski definition) is 2. The Kier molecular flexibility index (Phi) is 7.01. The van der Waals surface area contributed by atoms with Crippen molar-refractivity contribution in [3.05, 3.63) is 38.0 Å². The molecular formula is C13H22O2. The number of allylic oxidation sites excluding steroid dienone is 1. The van der Waals surface area contributed by atoms with Gasteiger partial charge in [-0.2, -0.15) is 0 Å². The van der Waals surface area contributed by atoms with E-state index in [1.807, 2.05) is 6.92 Å². The molecule has 0 bridgehead atoms. The lowest BCUT2D eigenvalue weighted by Crippen LogP contribution is -2.41. The van der Waals surface area contributed by atoms with Crippen LogP contribution in [0.3, 0.4) is 0 Å². The average Bonchev–Trinajstić information content (AvgIpc) is 2.23. The van der Waals surface area contributed by atoms with Gasteiger partial charge in [-0.3, -0.25) is 0 Å². The minimum absolute atomic E-state index is 0.440. The standard InChI is InChI=1S/C13H22O2/c1-5-8-9-12(14)13(4,10-6-2)15-11-7-3/h5-7,12,14H,1-3,8-11H2,4H3/t12-,13+/m0/s1. The molecule has 2 nitrogen and oxygen atoms in total. The summed E-state index contributed by atoms with van der Waals surface area (Å²) in [6, 6.07) is 0. The summed E-state index contributed by atoms with van der Waals surface area (Å²) in [6.07, 6.45) is 6.80. The van der Waals surface area contributed by atoms with E-state index >= 15 is 0 Å². The summed E-state index contributed by atoms with van der Waals surface area (Å²) in [5.74, 6) is 0. The van der Waals surface area contributed by atoms with Crippen molar-refractivity contribution in [2.24, 2.45) is 0 Å². The molecule has 2 heteroatoms. The molecule has 0 amide bonds. The van der Waals surface area contributed by atoms with E-state index in [4.69, 9.17) is 4.74 Å². The maximum absolute atomic E-state index is 10.0. The molecule has 0 aromatic carbocycles. The molecule has 0 aliphatic rings. The fourth-order valence-electron chi connectivity index (χ4n) is 1.41. The Labute approximate surface area is 93.0 Å². The summed E-state index contributed by atoms with van der Waals surface area (Å²) in [7, 11) is 0. The first-order chi connectivity index (χ1) is 7.10. The first kappa shape index (κ1) is 14.1. The highest BCUT2D eigenvalue weighted by Crippen LogP contribution is 2.24. The van der Waals surface area contributed by atoms with E-state index in [-0.39, 0.29) is 0 Å². The van der Waals surface area contributed by atoms with E-state index in [1.54, 1.807) is 18.2 Å². The normalized spacial score (nSPS) is 16.4. The Morgan fingerprint density at radius 2 is 1.93 bits per heavy atom. The zero-order chi connectivity index (χ0) is 11.7. The molecule has 2 atom stereocenters. The second kappa shape index (κ2) is 7.43. The number of ether oxygens (including phenoxy) is 1. The van der Waals surface area contributed by atoms with E-state index in [0.29, 0.717) is 19.4 Å². The van der Waals surface area contributed by atoms with Gasteiger partial charge >= 0.3 is 0 Å². The number of hydrogen-bond donors (Lipinski definition) is 1. The molecule has 0 unspecified atom stereocenters. The molecule has 1 N–H and O–H groups in total. The van der Waals surface area contributed by atoms with Gasteiger partial charge in [-0.15, -0.1) is 19.7 Å². The summed E-state index contributed by atoms with van der Waals surface area (Å²) in [6.45, 7) is 13.2. The summed E-state index contributed by atoms with van der Waals surface area (Å²) < 4.78 is 5.60. The second-order valence-electron chi connectivity index (χ2n) is 3.79. The highest BCUT2D eigenvalue weighted by molar-refractivity contribution is 4.92. The SMILES string of the molecule is C=CCC[C@H](O)[C@@](C)(CC=C)OCC=C. The summed E-state index contributed by atoms with van der Waals surface area (Å²) >= 11 is 0. The average molecular weight is 210 g/mol. The van der Waals surface area contributed by atoms with E-state index in [9.17, 15) is 5.11 Å². The molecule has 0 fully saturated rings. The number of rotatable bonds is 9. The van der Waals surface area contributed by atoms with E-state index < -0.39 is 11.7 Å². The zero-order valence-electron chi connectivity index (χ0n) is 9.61. The van der Waals surface area contributed by atoms with Crippen molar-refractivity contribution in [1.82, 2.24) is 0 Å². The fourth-order valence-corrected chi connectivity index (χ4v) is 1.41. The van der Waals surface area contributed by atoms with Gasteiger partial charge < -0.3 is 9.84 Å². The summed E-state index contributed by atoms with van der Waals surface area (Å²) in [5, 5.41) is 10.0. The topological polar surface area (TPSA) is 29.5 Å². The fraction of sp³-hybridized carbons (Fsp3) is 0.538. The van der Waals surface area contributed by atoms with Crippen LogP contribution in [0.5, 0.6) is 0 Å². The third-order valence-corrected chi connectivity index (χ3v) is 2.43. The summed E-state index contributed by atoms with van der Waals surface area (Å²) in [5.41, 5.74) is -0.570. The molecule has 0 radical (unpaired) electrons. The number of aliphatic hydroxyl groups is 1. The van der Waals surface area contributed by atoms with Crippen LogP contribution in [0.4, 0.5) is 0 Å². The molecule has 0 saturated carbocycles. The van der Waals surface area contributed by atoms with Crippen molar-refractivity contribution >= 4 is 0 Å². The molecule has 0 aliphatic carbocycles. The predicted molar refractivity (Wildman–Crippen MR) is 64.8 cm³/mol. The Bertz CT molecular complexity index is 211. The second-order valence-corrected chi connectivity index (χ2v) is 3.79. The molecule has 0 aliphatic heterocycles. The van der Waals surface area contributed by atoms with E-state index in [1.165, 1.54) is 0 Å². The monoisotopic (exact) mass is 210 g/mol. The first-order valence-electron chi connectivity index (χ1n) is 5.25. The van der Waals surface area contributed by atoms with Crippen molar-refractivity contribution < 1.29 is 9.84 Å². The van der Waals surface area contributed by atoms with E-state index in [0.717, 1.165) is 6.42 Å². The molecule has 0 spiro atoms. The van der Waals surface area contributed by atoms with Crippen molar-refractivity contribution in [2.45, 2.75) is 37.9 Å².